The van der Waals surface area contributed by atoms with Gasteiger partial charge in [-0.3, -0.25) is 4.79 Å². The number of carbonyl (C=O) groups is 1. The topological polar surface area (TPSA) is 47.8 Å². The van der Waals surface area contributed by atoms with Crippen LogP contribution in [0.4, 0.5) is 0 Å². The molecule has 0 bridgehead atoms. The molecular weight excluding hydrogens is 262 g/mol. The molecule has 21 heavy (non-hydrogen) atoms. The first-order valence-corrected chi connectivity index (χ1v) is 6.89. The lowest BCUT2D eigenvalue weighted by Crippen LogP contribution is -2.04. The van der Waals surface area contributed by atoms with E-state index in [-0.39, 0.29) is 5.78 Å². The second-order valence-corrected chi connectivity index (χ2v) is 4.73. The SMILES string of the molecule is CCc1ccc(C(=O)c2cnn(-c3ccccc3)n2)cc1. The minimum atomic E-state index is -0.111. The molecule has 1 aromatic heterocycles. The number of nitrogens with zero attached hydrogens (tertiary/aromatic N) is 3. The molecule has 0 N–H and O–H groups in total. The van der Waals surface area contributed by atoms with Crippen molar-refractivity contribution in [3.05, 3.63) is 77.6 Å². The quantitative estimate of drug-likeness (QED) is 0.689. The van der Waals surface area contributed by atoms with E-state index in [2.05, 4.69) is 17.1 Å². The highest BCUT2D eigenvalue weighted by Crippen LogP contribution is 2.11. The van der Waals surface area contributed by atoms with Crippen molar-refractivity contribution < 1.29 is 4.79 Å². The van der Waals surface area contributed by atoms with Gasteiger partial charge < -0.3 is 0 Å². The maximum absolute atomic E-state index is 12.4. The van der Waals surface area contributed by atoms with Crippen LogP contribution in [0, 0.1) is 0 Å². The Kier molecular flexibility index (Phi) is 3.60. The monoisotopic (exact) mass is 277 g/mol. The van der Waals surface area contributed by atoms with Crippen molar-refractivity contribution >= 4 is 5.78 Å². The molecule has 4 heteroatoms. The summed E-state index contributed by atoms with van der Waals surface area (Å²) < 4.78 is 0. The molecule has 0 unspecified atom stereocenters. The minimum Gasteiger partial charge on any atom is -0.287 e. The molecule has 0 aliphatic carbocycles. The van der Waals surface area contributed by atoms with Gasteiger partial charge in [-0.15, -0.1) is 5.10 Å². The van der Waals surface area contributed by atoms with Crippen LogP contribution in [0.5, 0.6) is 0 Å². The summed E-state index contributed by atoms with van der Waals surface area (Å²) >= 11 is 0. The van der Waals surface area contributed by atoms with Crippen LogP contribution in [0.15, 0.2) is 60.8 Å². The van der Waals surface area contributed by atoms with Crippen LogP contribution in [-0.4, -0.2) is 20.8 Å². The molecule has 0 spiro atoms. The summed E-state index contributed by atoms with van der Waals surface area (Å²) in [6.45, 7) is 2.09. The van der Waals surface area contributed by atoms with Crippen molar-refractivity contribution in [2.24, 2.45) is 0 Å². The smallest absolute Gasteiger partial charge is 0.214 e. The van der Waals surface area contributed by atoms with E-state index in [0.717, 1.165) is 12.1 Å². The van der Waals surface area contributed by atoms with Crippen LogP contribution in [0.3, 0.4) is 0 Å². The zero-order valence-electron chi connectivity index (χ0n) is 11.7. The summed E-state index contributed by atoms with van der Waals surface area (Å²) in [4.78, 5) is 13.8. The van der Waals surface area contributed by atoms with E-state index in [0.29, 0.717) is 11.3 Å². The van der Waals surface area contributed by atoms with E-state index >= 15 is 0 Å². The molecule has 0 aliphatic heterocycles. The van der Waals surface area contributed by atoms with Gasteiger partial charge in [-0.2, -0.15) is 9.90 Å². The van der Waals surface area contributed by atoms with Crippen molar-refractivity contribution in [3.63, 3.8) is 0 Å². The van der Waals surface area contributed by atoms with Crippen LogP contribution in [0.1, 0.15) is 28.5 Å². The highest BCUT2D eigenvalue weighted by Gasteiger charge is 2.13. The first kappa shape index (κ1) is 13.2. The number of aryl methyl sites for hydroxylation is 1. The molecule has 0 atom stereocenters. The van der Waals surface area contributed by atoms with Gasteiger partial charge in [0.2, 0.25) is 5.78 Å². The number of carbonyl (C=O) groups excluding carboxylic acids is 1. The molecule has 104 valence electrons. The van der Waals surface area contributed by atoms with Crippen LogP contribution >= 0.6 is 0 Å². The third-order valence-corrected chi connectivity index (χ3v) is 3.34. The second kappa shape index (κ2) is 5.71. The Bertz CT molecular complexity index is 745. The van der Waals surface area contributed by atoms with Gasteiger partial charge in [0, 0.05) is 5.56 Å². The largest absolute Gasteiger partial charge is 0.287 e. The average molecular weight is 277 g/mol. The Hall–Kier alpha value is -2.75. The van der Waals surface area contributed by atoms with E-state index in [1.54, 1.807) is 0 Å². The van der Waals surface area contributed by atoms with Gasteiger partial charge in [0.1, 0.15) is 0 Å². The summed E-state index contributed by atoms with van der Waals surface area (Å²) in [5, 5.41) is 8.41. The van der Waals surface area contributed by atoms with E-state index < -0.39 is 0 Å². The molecule has 0 saturated carbocycles. The Morgan fingerprint density at radius 3 is 2.43 bits per heavy atom. The fourth-order valence-corrected chi connectivity index (χ4v) is 2.09. The van der Waals surface area contributed by atoms with Crippen LogP contribution in [-0.2, 0) is 6.42 Å². The molecule has 2 aromatic carbocycles. The van der Waals surface area contributed by atoms with Gasteiger partial charge in [-0.25, -0.2) is 0 Å². The Morgan fingerprint density at radius 2 is 1.76 bits per heavy atom. The Labute approximate surface area is 123 Å². The number of benzene rings is 2. The number of hydrogen-bond donors (Lipinski definition) is 0. The number of aromatic nitrogens is 3. The third kappa shape index (κ3) is 2.74. The van der Waals surface area contributed by atoms with Crippen molar-refractivity contribution in [2.75, 3.05) is 0 Å². The first-order chi connectivity index (χ1) is 10.3. The summed E-state index contributed by atoms with van der Waals surface area (Å²) in [5.41, 5.74) is 3.02. The van der Waals surface area contributed by atoms with Gasteiger partial charge in [0.15, 0.2) is 5.69 Å². The fourth-order valence-electron chi connectivity index (χ4n) is 2.09. The molecule has 1 heterocycles. The van der Waals surface area contributed by atoms with Gasteiger partial charge in [0.25, 0.3) is 0 Å². The van der Waals surface area contributed by atoms with Crippen molar-refractivity contribution in [1.82, 2.24) is 15.0 Å². The number of ketones is 1. The molecule has 3 aromatic rings. The fraction of sp³-hybridized carbons (Fsp3) is 0.118. The van der Waals surface area contributed by atoms with Gasteiger partial charge >= 0.3 is 0 Å². The molecule has 0 aliphatic rings. The average Bonchev–Trinajstić information content (AvgIpc) is 3.05. The van der Waals surface area contributed by atoms with E-state index in [1.165, 1.54) is 16.6 Å². The van der Waals surface area contributed by atoms with Crippen molar-refractivity contribution in [1.29, 1.82) is 0 Å². The highest BCUT2D eigenvalue weighted by atomic mass is 16.1. The summed E-state index contributed by atoms with van der Waals surface area (Å²) in [6.07, 6.45) is 2.46. The molecule has 0 amide bonds. The predicted molar refractivity (Wildman–Crippen MR) is 80.6 cm³/mol. The molecular formula is C17H15N3O. The van der Waals surface area contributed by atoms with E-state index in [4.69, 9.17) is 0 Å². The zero-order chi connectivity index (χ0) is 14.7. The van der Waals surface area contributed by atoms with Crippen molar-refractivity contribution in [2.45, 2.75) is 13.3 Å². The zero-order valence-corrected chi connectivity index (χ0v) is 11.7. The van der Waals surface area contributed by atoms with Crippen LogP contribution in [0.2, 0.25) is 0 Å². The maximum Gasteiger partial charge on any atom is 0.214 e. The first-order valence-electron chi connectivity index (χ1n) is 6.89. The predicted octanol–water partition coefficient (Wildman–Crippen LogP) is 3.06. The third-order valence-electron chi connectivity index (χ3n) is 3.34. The highest BCUT2D eigenvalue weighted by molar-refractivity contribution is 6.07. The van der Waals surface area contributed by atoms with Gasteiger partial charge in [-0.05, 0) is 24.1 Å². The second-order valence-electron chi connectivity index (χ2n) is 4.73. The number of rotatable bonds is 4. The minimum absolute atomic E-state index is 0.111. The summed E-state index contributed by atoms with van der Waals surface area (Å²) in [5.74, 6) is -0.111. The lowest BCUT2D eigenvalue weighted by atomic mass is 10.1. The van der Waals surface area contributed by atoms with Gasteiger partial charge in [-0.1, -0.05) is 49.4 Å². The van der Waals surface area contributed by atoms with Crippen molar-refractivity contribution in [3.8, 4) is 5.69 Å². The molecule has 4 nitrogen and oxygen atoms in total. The molecule has 0 fully saturated rings. The summed E-state index contributed by atoms with van der Waals surface area (Å²) in [6, 6.07) is 17.1. The van der Waals surface area contributed by atoms with Gasteiger partial charge in [0.05, 0.1) is 11.9 Å². The van der Waals surface area contributed by atoms with Crippen LogP contribution in [0.25, 0.3) is 5.69 Å². The lowest BCUT2D eigenvalue weighted by molar-refractivity contribution is 0.103. The molecule has 0 radical (unpaired) electrons. The summed E-state index contributed by atoms with van der Waals surface area (Å²) in [7, 11) is 0. The number of hydrogen-bond acceptors (Lipinski definition) is 3. The van der Waals surface area contributed by atoms with E-state index in [9.17, 15) is 4.79 Å². The Balaban J connectivity index is 1.87. The Morgan fingerprint density at radius 1 is 1.05 bits per heavy atom. The number of para-hydroxylation sites is 1. The maximum atomic E-state index is 12.4. The normalized spacial score (nSPS) is 10.5. The molecule has 0 saturated heterocycles. The van der Waals surface area contributed by atoms with E-state index in [1.807, 2.05) is 54.6 Å². The lowest BCUT2D eigenvalue weighted by Gasteiger charge is -2.00. The van der Waals surface area contributed by atoms with Crippen LogP contribution < -0.4 is 0 Å². The standard InChI is InChI=1S/C17H15N3O/c1-2-13-8-10-14(11-9-13)17(21)16-12-18-20(19-16)15-6-4-3-5-7-15/h3-12H,2H2,1H3. The molecule has 3 rings (SSSR count).